The first-order chi connectivity index (χ1) is 13.7. The van der Waals surface area contributed by atoms with Gasteiger partial charge in [-0.3, -0.25) is 19.3 Å². The van der Waals surface area contributed by atoms with E-state index >= 15 is 0 Å². The first kappa shape index (κ1) is 21.3. The van der Waals surface area contributed by atoms with E-state index in [0.717, 1.165) is 19.3 Å². The van der Waals surface area contributed by atoms with Gasteiger partial charge in [-0.25, -0.2) is 8.42 Å². The van der Waals surface area contributed by atoms with Crippen molar-refractivity contribution in [3.63, 3.8) is 0 Å². The molecule has 158 valence electrons. The van der Waals surface area contributed by atoms with Gasteiger partial charge in [-0.1, -0.05) is 38.8 Å². The van der Waals surface area contributed by atoms with Crippen molar-refractivity contribution in [3.8, 4) is 0 Å². The molecule has 1 aliphatic heterocycles. The zero-order valence-electron chi connectivity index (χ0n) is 16.8. The van der Waals surface area contributed by atoms with Gasteiger partial charge in [0.2, 0.25) is 0 Å². The summed E-state index contributed by atoms with van der Waals surface area (Å²) in [6.07, 6.45) is 2.20. The Bertz CT molecular complexity index is 928. The number of carbonyl (C=O) groups excluding carboxylic acids is 2. The number of esters is 1. The van der Waals surface area contributed by atoms with Crippen LogP contribution in [-0.4, -0.2) is 44.8 Å². The molecule has 0 unspecified atom stereocenters. The maximum Gasteiger partial charge on any atom is 0.328 e. The molecule has 1 aromatic rings. The summed E-state index contributed by atoms with van der Waals surface area (Å²) in [5.74, 6) is -0.0180. The lowest BCUT2D eigenvalue weighted by atomic mass is 9.78. The summed E-state index contributed by atoms with van der Waals surface area (Å²) in [4.78, 5) is 28.7. The maximum absolute atomic E-state index is 12.4. The standard InChI is InChI=1S/C20H27N3O5S/c1-12-7-6-9-16(13(12)2)22-20(25)14(3)28-18(24)11-21-19-15-8-4-5-10-17(15)29(26,27)23-19/h4-5,8,10,12-14,16H,6-7,9,11H2,1-3H3,(H,21,23)(H,22,25)/t12-,13+,14+,16-/m0/s1. The Hall–Kier alpha value is -2.42. The summed E-state index contributed by atoms with van der Waals surface area (Å²) >= 11 is 0. The molecule has 0 aromatic heterocycles. The van der Waals surface area contributed by atoms with Gasteiger partial charge in [-0.2, -0.15) is 0 Å². The number of nitrogens with zero attached hydrogens (tertiary/aromatic N) is 1. The zero-order valence-corrected chi connectivity index (χ0v) is 17.7. The number of aliphatic imine (C=N–C) groups is 1. The third kappa shape index (κ3) is 4.77. The van der Waals surface area contributed by atoms with Gasteiger partial charge >= 0.3 is 5.97 Å². The molecule has 3 rings (SSSR count). The molecule has 1 aromatic carbocycles. The molecule has 0 radical (unpaired) electrons. The largest absolute Gasteiger partial charge is 0.451 e. The van der Waals surface area contributed by atoms with Crippen LogP contribution in [0.3, 0.4) is 0 Å². The highest BCUT2D eigenvalue weighted by Crippen LogP contribution is 2.29. The number of rotatable bonds is 5. The Balaban J connectivity index is 1.56. The summed E-state index contributed by atoms with van der Waals surface area (Å²) in [5.41, 5.74) is 0.409. The molecule has 1 aliphatic carbocycles. The second kappa shape index (κ2) is 8.52. The smallest absolute Gasteiger partial charge is 0.328 e. The monoisotopic (exact) mass is 421 g/mol. The van der Waals surface area contributed by atoms with Crippen LogP contribution < -0.4 is 10.0 Å². The predicted octanol–water partition coefficient (Wildman–Crippen LogP) is 1.60. The highest BCUT2D eigenvalue weighted by Gasteiger charge is 2.31. The first-order valence-electron chi connectivity index (χ1n) is 9.85. The third-order valence-electron chi connectivity index (χ3n) is 5.74. The van der Waals surface area contributed by atoms with E-state index in [1.807, 2.05) is 0 Å². The summed E-state index contributed by atoms with van der Waals surface area (Å²) in [5, 5.41) is 2.98. The molecule has 2 aliphatic rings. The number of hydrogen-bond acceptors (Lipinski definition) is 6. The lowest BCUT2D eigenvalue weighted by Gasteiger charge is -2.35. The minimum atomic E-state index is -3.66. The minimum absolute atomic E-state index is 0.0806. The number of nitrogens with one attached hydrogen (secondary N) is 2. The second-order valence-corrected chi connectivity index (χ2v) is 9.43. The van der Waals surface area contributed by atoms with E-state index in [1.54, 1.807) is 18.2 Å². The van der Waals surface area contributed by atoms with Crippen LogP contribution in [-0.2, 0) is 24.3 Å². The van der Waals surface area contributed by atoms with Crippen LogP contribution in [0.25, 0.3) is 0 Å². The number of amides is 1. The molecule has 2 N–H and O–H groups in total. The molecule has 1 heterocycles. The number of ether oxygens (including phenoxy) is 1. The van der Waals surface area contributed by atoms with E-state index in [2.05, 4.69) is 28.9 Å². The average Bonchev–Trinajstić information content (AvgIpc) is 2.94. The van der Waals surface area contributed by atoms with Crippen LogP contribution in [0, 0.1) is 11.8 Å². The van der Waals surface area contributed by atoms with Crippen molar-refractivity contribution in [1.82, 2.24) is 10.0 Å². The van der Waals surface area contributed by atoms with Gasteiger partial charge in [-0.15, -0.1) is 0 Å². The molecular formula is C20H27N3O5S. The molecular weight excluding hydrogens is 394 g/mol. The summed E-state index contributed by atoms with van der Waals surface area (Å²) in [7, 11) is -3.66. The number of sulfonamides is 1. The number of benzene rings is 1. The van der Waals surface area contributed by atoms with Gasteiger partial charge in [0.25, 0.3) is 15.9 Å². The van der Waals surface area contributed by atoms with Gasteiger partial charge in [0.1, 0.15) is 12.4 Å². The minimum Gasteiger partial charge on any atom is -0.451 e. The SMILES string of the molecule is C[C@H]1[C@@H](NC(=O)[C@@H](C)OC(=O)CN=C2NS(=O)(=O)c3ccccc32)CCC[C@@H]1C. The number of carbonyl (C=O) groups is 2. The quantitative estimate of drug-likeness (QED) is 0.701. The molecule has 0 spiro atoms. The number of fused-ring (bicyclic) bond motifs is 1. The summed E-state index contributed by atoms with van der Waals surface area (Å²) < 4.78 is 31.6. The molecule has 0 bridgehead atoms. The van der Waals surface area contributed by atoms with Crippen LogP contribution >= 0.6 is 0 Å². The van der Waals surface area contributed by atoms with Crippen LogP contribution in [0.15, 0.2) is 34.2 Å². The van der Waals surface area contributed by atoms with Crippen molar-refractivity contribution in [1.29, 1.82) is 0 Å². The van der Waals surface area contributed by atoms with Crippen molar-refractivity contribution < 1.29 is 22.7 Å². The van der Waals surface area contributed by atoms with E-state index in [9.17, 15) is 18.0 Å². The second-order valence-electron chi connectivity index (χ2n) is 7.78. The lowest BCUT2D eigenvalue weighted by Crippen LogP contribution is -2.47. The molecule has 1 saturated carbocycles. The normalized spacial score (nSPS) is 27.6. The molecule has 4 atom stereocenters. The van der Waals surface area contributed by atoms with Crippen LogP contribution in [0.5, 0.6) is 0 Å². The highest BCUT2D eigenvalue weighted by atomic mass is 32.2. The Labute approximate surface area is 171 Å². The molecule has 9 heteroatoms. The molecule has 8 nitrogen and oxygen atoms in total. The molecule has 29 heavy (non-hydrogen) atoms. The van der Waals surface area contributed by atoms with Gasteiger partial charge in [0.15, 0.2) is 6.10 Å². The van der Waals surface area contributed by atoms with Gasteiger partial charge in [-0.05, 0) is 37.3 Å². The Morgan fingerprint density at radius 3 is 2.76 bits per heavy atom. The summed E-state index contributed by atoms with van der Waals surface area (Å²) in [6, 6.07) is 6.47. The lowest BCUT2D eigenvalue weighted by molar-refractivity contribution is -0.153. The Kier molecular flexibility index (Phi) is 6.26. The fourth-order valence-electron chi connectivity index (χ4n) is 3.77. The fraction of sp³-hybridized carbons (Fsp3) is 0.550. The number of amidine groups is 1. The molecule has 1 amide bonds. The van der Waals surface area contributed by atoms with Gasteiger partial charge in [0.05, 0.1) is 4.90 Å². The zero-order chi connectivity index (χ0) is 21.2. The third-order valence-corrected chi connectivity index (χ3v) is 7.14. The van der Waals surface area contributed by atoms with E-state index in [-0.39, 0.29) is 29.2 Å². The van der Waals surface area contributed by atoms with Crippen molar-refractivity contribution in [2.24, 2.45) is 16.8 Å². The topological polar surface area (TPSA) is 114 Å². The molecule has 0 saturated heterocycles. The van der Waals surface area contributed by atoms with Crippen molar-refractivity contribution in [2.75, 3.05) is 6.54 Å². The van der Waals surface area contributed by atoms with Crippen molar-refractivity contribution >= 4 is 27.7 Å². The van der Waals surface area contributed by atoms with Gasteiger partial charge < -0.3 is 10.1 Å². The fourth-order valence-corrected chi connectivity index (χ4v) is 5.02. The van der Waals surface area contributed by atoms with Crippen molar-refractivity contribution in [3.05, 3.63) is 29.8 Å². The maximum atomic E-state index is 12.4. The van der Waals surface area contributed by atoms with Crippen LogP contribution in [0.4, 0.5) is 0 Å². The Morgan fingerprint density at radius 1 is 1.28 bits per heavy atom. The Morgan fingerprint density at radius 2 is 2.00 bits per heavy atom. The first-order valence-corrected chi connectivity index (χ1v) is 11.3. The van der Waals surface area contributed by atoms with Gasteiger partial charge in [0, 0.05) is 11.6 Å². The van der Waals surface area contributed by atoms with Crippen LogP contribution in [0.1, 0.15) is 45.6 Å². The number of hydrogen-bond donors (Lipinski definition) is 2. The van der Waals surface area contributed by atoms with Crippen LogP contribution in [0.2, 0.25) is 0 Å². The molecule has 1 fully saturated rings. The average molecular weight is 422 g/mol. The van der Waals surface area contributed by atoms with E-state index in [0.29, 0.717) is 17.4 Å². The van der Waals surface area contributed by atoms with E-state index in [4.69, 9.17) is 4.74 Å². The summed E-state index contributed by atoms with van der Waals surface area (Å²) in [6.45, 7) is 5.44. The predicted molar refractivity (Wildman–Crippen MR) is 108 cm³/mol. The van der Waals surface area contributed by atoms with E-state index in [1.165, 1.54) is 13.0 Å². The highest BCUT2D eigenvalue weighted by molar-refractivity contribution is 7.90. The van der Waals surface area contributed by atoms with E-state index < -0.39 is 22.1 Å². The van der Waals surface area contributed by atoms with Crippen molar-refractivity contribution in [2.45, 2.75) is 57.1 Å².